The van der Waals surface area contributed by atoms with Crippen molar-refractivity contribution in [1.82, 2.24) is 0 Å². The van der Waals surface area contributed by atoms with Gasteiger partial charge >= 0.3 is 0 Å². The van der Waals surface area contributed by atoms with Gasteiger partial charge in [-0.1, -0.05) is 30.4 Å². The quantitative estimate of drug-likeness (QED) is 0.350. The Morgan fingerprint density at radius 1 is 0.724 bits per heavy atom. The lowest BCUT2D eigenvalue weighted by Gasteiger charge is -2.12. The van der Waals surface area contributed by atoms with Crippen LogP contribution in [0.4, 0.5) is 0 Å². The molecular weight excluding hydrogens is 368 g/mol. The van der Waals surface area contributed by atoms with Gasteiger partial charge in [0.15, 0.2) is 11.5 Å². The smallest absolute Gasteiger partial charge is 0.203 e. The average Bonchev–Trinajstić information content (AvgIpc) is 2.76. The highest BCUT2D eigenvalue weighted by Gasteiger charge is 2.12. The zero-order valence-corrected chi connectivity index (χ0v) is 16.4. The Hall–Kier alpha value is -3.73. The molecule has 0 unspecified atom stereocenters. The number of ether oxygens (including phenoxy) is 3. The summed E-state index contributed by atoms with van der Waals surface area (Å²) in [7, 11) is 4.74. The molecule has 1 aromatic heterocycles. The lowest BCUT2D eigenvalue weighted by molar-refractivity contribution is 0.324. The molecule has 4 rings (SSSR count). The zero-order valence-electron chi connectivity index (χ0n) is 16.4. The first kappa shape index (κ1) is 18.6. The van der Waals surface area contributed by atoms with Crippen LogP contribution < -0.4 is 19.6 Å². The Kier molecular flexibility index (Phi) is 4.96. The van der Waals surface area contributed by atoms with Gasteiger partial charge in [0.2, 0.25) is 11.2 Å². The van der Waals surface area contributed by atoms with Gasteiger partial charge in [0.1, 0.15) is 11.2 Å². The fourth-order valence-corrected chi connectivity index (χ4v) is 3.31. The van der Waals surface area contributed by atoms with Crippen molar-refractivity contribution in [1.29, 1.82) is 0 Å². The van der Waals surface area contributed by atoms with Gasteiger partial charge in [0.25, 0.3) is 0 Å². The number of hydrogen-bond donors (Lipinski definition) is 0. The summed E-state index contributed by atoms with van der Waals surface area (Å²) >= 11 is 0. The van der Waals surface area contributed by atoms with Crippen LogP contribution in [0.2, 0.25) is 0 Å². The summed E-state index contributed by atoms with van der Waals surface area (Å²) in [5, 5.41) is 1.15. The molecule has 0 saturated heterocycles. The number of fused-ring (bicyclic) bond motifs is 2. The van der Waals surface area contributed by atoms with Crippen LogP contribution in [0.3, 0.4) is 0 Å². The minimum atomic E-state index is -0.0259. The molecule has 1 heterocycles. The largest absolute Gasteiger partial charge is 0.493 e. The molecule has 0 amide bonds. The van der Waals surface area contributed by atoms with Crippen molar-refractivity contribution >= 4 is 34.1 Å². The van der Waals surface area contributed by atoms with E-state index in [0.29, 0.717) is 39.2 Å². The molecular formula is C24H20O5. The molecule has 0 spiro atoms. The van der Waals surface area contributed by atoms with Crippen LogP contribution in [0.5, 0.6) is 17.2 Å². The Morgan fingerprint density at radius 3 is 2.07 bits per heavy atom. The van der Waals surface area contributed by atoms with Crippen molar-refractivity contribution in [3.05, 3.63) is 75.9 Å². The fraction of sp³-hybridized carbons (Fsp3) is 0.125. The topological polar surface area (TPSA) is 57.9 Å². The van der Waals surface area contributed by atoms with E-state index < -0.39 is 0 Å². The van der Waals surface area contributed by atoms with Gasteiger partial charge in [0, 0.05) is 0 Å². The van der Waals surface area contributed by atoms with Crippen LogP contribution in [-0.2, 0) is 0 Å². The van der Waals surface area contributed by atoms with Gasteiger partial charge in [-0.3, -0.25) is 4.79 Å². The highest BCUT2D eigenvalue weighted by molar-refractivity contribution is 5.91. The molecule has 0 bridgehead atoms. The molecule has 0 saturated carbocycles. The van der Waals surface area contributed by atoms with E-state index in [1.807, 2.05) is 48.6 Å². The maximum absolute atomic E-state index is 12.7. The van der Waals surface area contributed by atoms with Crippen molar-refractivity contribution in [2.75, 3.05) is 21.3 Å². The predicted molar refractivity (Wildman–Crippen MR) is 115 cm³/mol. The monoisotopic (exact) mass is 388 g/mol. The van der Waals surface area contributed by atoms with Gasteiger partial charge < -0.3 is 18.6 Å². The summed E-state index contributed by atoms with van der Waals surface area (Å²) in [6.45, 7) is 0. The van der Waals surface area contributed by atoms with Crippen LogP contribution in [0.25, 0.3) is 34.1 Å². The van der Waals surface area contributed by atoms with Gasteiger partial charge in [-0.2, -0.15) is 0 Å². The maximum Gasteiger partial charge on any atom is 0.203 e. The number of methoxy groups -OCH3 is 3. The third-order valence-electron chi connectivity index (χ3n) is 4.76. The summed E-state index contributed by atoms with van der Waals surface area (Å²) in [5.74, 6) is 1.72. The lowest BCUT2D eigenvalue weighted by Crippen LogP contribution is -2.01. The van der Waals surface area contributed by atoms with Crippen LogP contribution >= 0.6 is 0 Å². The van der Waals surface area contributed by atoms with E-state index >= 15 is 0 Å². The first-order valence-electron chi connectivity index (χ1n) is 9.08. The second kappa shape index (κ2) is 7.72. The van der Waals surface area contributed by atoms with E-state index in [-0.39, 0.29) is 5.43 Å². The molecule has 146 valence electrons. The molecule has 29 heavy (non-hydrogen) atoms. The molecule has 4 aromatic rings. The highest BCUT2D eigenvalue weighted by atomic mass is 16.5. The molecule has 0 aliphatic carbocycles. The van der Waals surface area contributed by atoms with Crippen LogP contribution in [0.1, 0.15) is 11.1 Å². The molecule has 0 fully saturated rings. The van der Waals surface area contributed by atoms with Crippen LogP contribution in [0, 0.1) is 0 Å². The second-order valence-corrected chi connectivity index (χ2v) is 6.47. The van der Waals surface area contributed by atoms with Crippen molar-refractivity contribution in [3.8, 4) is 17.2 Å². The third-order valence-corrected chi connectivity index (χ3v) is 4.76. The minimum Gasteiger partial charge on any atom is -0.493 e. The van der Waals surface area contributed by atoms with E-state index in [1.165, 1.54) is 0 Å². The lowest BCUT2D eigenvalue weighted by atomic mass is 10.1. The Bertz CT molecular complexity index is 1260. The first-order chi connectivity index (χ1) is 14.1. The molecule has 5 heteroatoms. The maximum atomic E-state index is 12.7. The molecule has 0 aliphatic rings. The molecule has 3 aromatic carbocycles. The number of hydrogen-bond acceptors (Lipinski definition) is 5. The number of benzene rings is 3. The van der Waals surface area contributed by atoms with Gasteiger partial charge in [-0.15, -0.1) is 0 Å². The van der Waals surface area contributed by atoms with Crippen LogP contribution in [-0.4, -0.2) is 21.3 Å². The molecule has 0 N–H and O–H groups in total. The summed E-state index contributed by atoms with van der Waals surface area (Å²) in [4.78, 5) is 12.7. The summed E-state index contributed by atoms with van der Waals surface area (Å²) in [6.07, 6.45) is 3.88. The van der Waals surface area contributed by atoms with Gasteiger partial charge in [0.05, 0.1) is 32.1 Å². The van der Waals surface area contributed by atoms with Crippen LogP contribution in [0.15, 0.2) is 63.8 Å². The normalized spacial score (nSPS) is 11.3. The van der Waals surface area contributed by atoms with Crippen molar-refractivity contribution in [2.45, 2.75) is 0 Å². The van der Waals surface area contributed by atoms with E-state index in [2.05, 4.69) is 0 Å². The second-order valence-electron chi connectivity index (χ2n) is 6.47. The van der Waals surface area contributed by atoms with E-state index in [4.69, 9.17) is 18.6 Å². The number of rotatable bonds is 5. The van der Waals surface area contributed by atoms with Crippen molar-refractivity contribution < 1.29 is 18.6 Å². The number of para-hydroxylation sites is 1. The Labute approximate surface area is 167 Å². The summed E-state index contributed by atoms with van der Waals surface area (Å²) < 4.78 is 22.1. The van der Waals surface area contributed by atoms with Crippen molar-refractivity contribution in [2.24, 2.45) is 0 Å². The SMILES string of the molecule is COc1cc(/C=C/c2ccc3c(=O)c4ccccc4oc3c2)cc(OC)c1OC. The Morgan fingerprint density at radius 2 is 1.38 bits per heavy atom. The molecule has 0 aliphatic heterocycles. The Balaban J connectivity index is 1.75. The van der Waals surface area contributed by atoms with Gasteiger partial charge in [-0.25, -0.2) is 0 Å². The summed E-state index contributed by atoms with van der Waals surface area (Å²) in [5.41, 5.74) is 2.91. The average molecular weight is 388 g/mol. The van der Waals surface area contributed by atoms with E-state index in [1.54, 1.807) is 39.5 Å². The molecule has 5 nitrogen and oxygen atoms in total. The van der Waals surface area contributed by atoms with E-state index in [9.17, 15) is 4.79 Å². The molecule has 0 atom stereocenters. The van der Waals surface area contributed by atoms with E-state index in [0.717, 1.165) is 11.1 Å². The predicted octanol–water partition coefficient (Wildman–Crippen LogP) is 5.14. The fourth-order valence-electron chi connectivity index (χ4n) is 3.31. The molecule has 0 radical (unpaired) electrons. The third kappa shape index (κ3) is 3.43. The van der Waals surface area contributed by atoms with Crippen molar-refractivity contribution in [3.63, 3.8) is 0 Å². The minimum absolute atomic E-state index is 0.0259. The zero-order chi connectivity index (χ0) is 20.4. The van der Waals surface area contributed by atoms with Gasteiger partial charge in [-0.05, 0) is 47.5 Å². The standard InChI is InChI=1S/C24H20O5/c1-26-21-13-16(14-22(27-2)24(21)28-3)9-8-15-10-11-18-20(12-15)29-19-7-5-4-6-17(19)23(18)25/h4-14H,1-3H3/b9-8+. The first-order valence-corrected chi connectivity index (χ1v) is 9.08. The summed E-state index contributed by atoms with van der Waals surface area (Å²) in [6, 6.07) is 16.5. The highest BCUT2D eigenvalue weighted by Crippen LogP contribution is 2.38.